The molecule has 2 aromatic rings. The fourth-order valence-electron chi connectivity index (χ4n) is 6.15. The van der Waals surface area contributed by atoms with Gasteiger partial charge in [0.25, 0.3) is 0 Å². The Bertz CT molecular complexity index is 1150. The molecule has 3 saturated carbocycles. The third-order valence-corrected chi connectivity index (χ3v) is 10.4. The van der Waals surface area contributed by atoms with Gasteiger partial charge in [0.15, 0.2) is 5.82 Å². The largest absolute Gasteiger partial charge is 0.374 e. The zero-order valence-corrected chi connectivity index (χ0v) is 20.7. The van der Waals surface area contributed by atoms with Gasteiger partial charge in [0, 0.05) is 30.7 Å². The van der Waals surface area contributed by atoms with Gasteiger partial charge in [-0.15, -0.1) is 5.10 Å². The van der Waals surface area contributed by atoms with Crippen molar-refractivity contribution in [2.45, 2.75) is 80.8 Å². The average molecular weight is 501 g/mol. The highest BCUT2D eigenvalue weighted by molar-refractivity contribution is 7.90. The predicted octanol–water partition coefficient (Wildman–Crippen LogP) is 3.78. The number of nitrogens with zero attached hydrogens (tertiary/aromatic N) is 3. The van der Waals surface area contributed by atoms with Crippen molar-refractivity contribution in [1.29, 1.82) is 0 Å². The Morgan fingerprint density at radius 3 is 2.60 bits per heavy atom. The second-order valence-corrected chi connectivity index (χ2v) is 12.8. The number of halogens is 1. The van der Waals surface area contributed by atoms with Crippen molar-refractivity contribution < 1.29 is 17.5 Å². The smallest absolute Gasteiger partial charge is 0.214 e. The van der Waals surface area contributed by atoms with Crippen LogP contribution in [0.3, 0.4) is 0 Å². The Morgan fingerprint density at radius 2 is 1.89 bits per heavy atom. The predicted molar refractivity (Wildman–Crippen MR) is 131 cm³/mol. The van der Waals surface area contributed by atoms with Crippen LogP contribution in [0.2, 0.25) is 0 Å². The van der Waals surface area contributed by atoms with E-state index in [4.69, 9.17) is 4.74 Å². The number of anilines is 1. The molecule has 0 amide bonds. The Hall–Kier alpha value is -2.10. The van der Waals surface area contributed by atoms with Gasteiger partial charge in [0.1, 0.15) is 5.82 Å². The second kappa shape index (κ2) is 9.09. The van der Waals surface area contributed by atoms with Crippen molar-refractivity contribution in [2.75, 3.05) is 18.0 Å². The summed E-state index contributed by atoms with van der Waals surface area (Å²) in [4.78, 5) is 2.22. The van der Waals surface area contributed by atoms with Crippen molar-refractivity contribution in [3.63, 3.8) is 0 Å². The third-order valence-electron chi connectivity index (χ3n) is 8.42. The van der Waals surface area contributed by atoms with Crippen molar-refractivity contribution in [1.82, 2.24) is 14.9 Å². The van der Waals surface area contributed by atoms with E-state index in [9.17, 15) is 12.8 Å². The van der Waals surface area contributed by atoms with Crippen molar-refractivity contribution in [3.8, 4) is 0 Å². The lowest BCUT2D eigenvalue weighted by atomic mass is 9.82. The number of aromatic nitrogens is 2. The second-order valence-electron chi connectivity index (χ2n) is 10.8. The molecule has 1 N–H and O–H groups in total. The number of ether oxygens (including phenoxy) is 1. The number of sulfonamides is 1. The first-order valence-corrected chi connectivity index (χ1v) is 14.4. The molecule has 2 heterocycles. The summed E-state index contributed by atoms with van der Waals surface area (Å²) in [5, 5.41) is 8.09. The highest BCUT2D eigenvalue weighted by Gasteiger charge is 2.64. The van der Waals surface area contributed by atoms with E-state index in [0.717, 1.165) is 69.3 Å². The van der Waals surface area contributed by atoms with Gasteiger partial charge in [-0.2, -0.15) is 5.10 Å². The zero-order valence-electron chi connectivity index (χ0n) is 19.9. The SMILES string of the molecule is O=S(=O)(N[C@H]1CCN(c2cccnn2)CC12C[C@@H]2OC1CCC(c2cccc(F)c2)CC1)C1CC1. The van der Waals surface area contributed by atoms with Crippen LogP contribution in [0.25, 0.3) is 0 Å². The lowest BCUT2D eigenvalue weighted by molar-refractivity contribution is -0.00996. The first-order valence-electron chi connectivity index (χ1n) is 12.9. The molecule has 1 aromatic heterocycles. The first-order chi connectivity index (χ1) is 16.9. The van der Waals surface area contributed by atoms with Crippen LogP contribution in [-0.2, 0) is 14.8 Å². The molecule has 7 nitrogen and oxygen atoms in total. The van der Waals surface area contributed by atoms with E-state index >= 15 is 0 Å². The number of nitrogens with one attached hydrogen (secondary N) is 1. The lowest BCUT2D eigenvalue weighted by Crippen LogP contribution is -2.54. The quantitative estimate of drug-likeness (QED) is 0.623. The van der Waals surface area contributed by atoms with Gasteiger partial charge >= 0.3 is 0 Å². The van der Waals surface area contributed by atoms with Crippen LogP contribution < -0.4 is 9.62 Å². The van der Waals surface area contributed by atoms with Crippen molar-refractivity contribution >= 4 is 15.8 Å². The molecule has 35 heavy (non-hydrogen) atoms. The summed E-state index contributed by atoms with van der Waals surface area (Å²) >= 11 is 0. The van der Waals surface area contributed by atoms with E-state index in [1.54, 1.807) is 18.3 Å². The van der Waals surface area contributed by atoms with E-state index in [-0.39, 0.29) is 34.7 Å². The lowest BCUT2D eigenvalue weighted by Gasteiger charge is -2.40. The maximum atomic E-state index is 13.7. The van der Waals surface area contributed by atoms with Crippen LogP contribution >= 0.6 is 0 Å². The van der Waals surface area contributed by atoms with Crippen LogP contribution in [0.5, 0.6) is 0 Å². The Morgan fingerprint density at radius 1 is 1.06 bits per heavy atom. The maximum absolute atomic E-state index is 13.7. The fraction of sp³-hybridized carbons (Fsp3) is 0.615. The van der Waals surface area contributed by atoms with Crippen molar-refractivity contribution in [2.24, 2.45) is 5.41 Å². The molecule has 1 spiro atoms. The van der Waals surface area contributed by atoms with Gasteiger partial charge in [-0.1, -0.05) is 12.1 Å². The Balaban J connectivity index is 1.13. The molecule has 188 valence electrons. The minimum atomic E-state index is -3.28. The molecule has 1 aliphatic heterocycles. The van der Waals surface area contributed by atoms with Gasteiger partial charge in [-0.05, 0) is 87.1 Å². The molecule has 3 aliphatic carbocycles. The zero-order chi connectivity index (χ0) is 24.0. The minimum Gasteiger partial charge on any atom is -0.374 e. The topological polar surface area (TPSA) is 84.4 Å². The van der Waals surface area contributed by atoms with Crippen LogP contribution in [0.15, 0.2) is 42.6 Å². The highest BCUT2D eigenvalue weighted by Crippen LogP contribution is 2.56. The maximum Gasteiger partial charge on any atom is 0.214 e. The molecule has 6 rings (SSSR count). The van der Waals surface area contributed by atoms with Crippen LogP contribution in [0.4, 0.5) is 10.2 Å². The van der Waals surface area contributed by atoms with Gasteiger partial charge in [-0.25, -0.2) is 17.5 Å². The number of rotatable bonds is 7. The third kappa shape index (κ3) is 4.82. The molecule has 4 fully saturated rings. The summed E-state index contributed by atoms with van der Waals surface area (Å²) in [6.07, 6.45) is 8.82. The van der Waals surface area contributed by atoms with Gasteiger partial charge in [-0.3, -0.25) is 0 Å². The number of hydrogen-bond acceptors (Lipinski definition) is 6. The molecule has 1 aromatic carbocycles. The van der Waals surface area contributed by atoms with E-state index in [1.165, 1.54) is 6.07 Å². The van der Waals surface area contributed by atoms with E-state index < -0.39 is 10.0 Å². The van der Waals surface area contributed by atoms with Gasteiger partial charge in [0.2, 0.25) is 10.0 Å². The van der Waals surface area contributed by atoms with Crippen LogP contribution in [0, 0.1) is 11.2 Å². The molecular formula is C26H33FN4O3S. The number of hydrogen-bond donors (Lipinski definition) is 1. The average Bonchev–Trinajstić information content (AvgIpc) is 3.79. The normalized spacial score (nSPS) is 33.1. The van der Waals surface area contributed by atoms with Crippen LogP contribution in [0.1, 0.15) is 62.8 Å². The molecule has 4 aliphatic rings. The molecule has 3 atom stereocenters. The number of benzene rings is 1. The summed E-state index contributed by atoms with van der Waals surface area (Å²) in [6.45, 7) is 1.45. The van der Waals surface area contributed by atoms with E-state index in [1.807, 2.05) is 18.2 Å². The standard InChI is InChI=1S/C26H33FN4O3S/c27-20-4-1-3-19(15-20)18-6-8-21(9-7-18)34-24-16-26(24)17-31(25-5-2-13-28-29-25)14-12-23(26)30-35(32,33)22-10-11-22/h1-5,13,15,18,21-24,30H,6-12,14,16-17H2/t18?,21?,23-,24-,26?/m0/s1. The highest BCUT2D eigenvalue weighted by atomic mass is 32.2. The summed E-state index contributed by atoms with van der Waals surface area (Å²) in [5.41, 5.74) is 0.838. The van der Waals surface area contributed by atoms with Gasteiger partial charge < -0.3 is 9.64 Å². The molecule has 0 bridgehead atoms. The minimum absolute atomic E-state index is 0.0320. The Kier molecular flexibility index (Phi) is 6.05. The summed E-state index contributed by atoms with van der Waals surface area (Å²) in [5.74, 6) is 1.03. The number of piperidine rings is 1. The van der Waals surface area contributed by atoms with Crippen LogP contribution in [-0.4, -0.2) is 55.2 Å². The van der Waals surface area contributed by atoms with Crippen molar-refractivity contribution in [3.05, 3.63) is 54.0 Å². The van der Waals surface area contributed by atoms with E-state index in [0.29, 0.717) is 12.5 Å². The summed E-state index contributed by atoms with van der Waals surface area (Å²) in [7, 11) is -3.28. The molecule has 9 heteroatoms. The molecule has 0 radical (unpaired) electrons. The van der Waals surface area contributed by atoms with Gasteiger partial charge in [0.05, 0.1) is 17.5 Å². The summed E-state index contributed by atoms with van der Waals surface area (Å²) < 4.78 is 49.0. The molecule has 1 unspecified atom stereocenters. The van der Waals surface area contributed by atoms with E-state index in [2.05, 4.69) is 19.8 Å². The first kappa shape index (κ1) is 23.3. The Labute approximate surface area is 206 Å². The summed E-state index contributed by atoms with van der Waals surface area (Å²) in [6, 6.07) is 10.7. The monoisotopic (exact) mass is 500 g/mol. The molecule has 1 saturated heterocycles. The molecular weight excluding hydrogens is 467 g/mol. The fourth-order valence-corrected chi connectivity index (χ4v) is 7.85.